The van der Waals surface area contributed by atoms with E-state index in [0.717, 1.165) is 6.20 Å². The van der Waals surface area contributed by atoms with Gasteiger partial charge in [0.1, 0.15) is 5.69 Å². The molecule has 1 aromatic rings. The van der Waals surface area contributed by atoms with Crippen molar-refractivity contribution in [2.45, 2.75) is 6.18 Å². The van der Waals surface area contributed by atoms with Crippen molar-refractivity contribution in [3.8, 4) is 0 Å². The zero-order chi connectivity index (χ0) is 10.1. The summed E-state index contributed by atoms with van der Waals surface area (Å²) in [4.78, 5) is 14.0. The normalized spacial score (nSPS) is 11.4. The summed E-state index contributed by atoms with van der Waals surface area (Å²) in [6.07, 6.45) is -3.75. The highest BCUT2D eigenvalue weighted by Gasteiger charge is 2.41. The number of carbonyl (C=O) groups is 1. The number of aromatic nitrogens is 1. The molecule has 0 amide bonds. The van der Waals surface area contributed by atoms with Crippen molar-refractivity contribution >= 4 is 21.7 Å². The summed E-state index contributed by atoms with van der Waals surface area (Å²) in [7, 11) is 0. The Hall–Kier alpha value is -0.910. The summed E-state index contributed by atoms with van der Waals surface area (Å²) in [5, 5.41) is 0. The zero-order valence-electron chi connectivity index (χ0n) is 6.10. The third kappa shape index (κ3) is 2.27. The first-order valence-corrected chi connectivity index (χ1v) is 3.94. The van der Waals surface area contributed by atoms with E-state index >= 15 is 0 Å². The lowest BCUT2D eigenvalue weighted by Crippen LogP contribution is -2.24. The molecule has 0 aliphatic heterocycles. The van der Waals surface area contributed by atoms with Gasteiger partial charge in [-0.15, -0.1) is 0 Å². The van der Waals surface area contributed by atoms with E-state index in [1.165, 1.54) is 12.1 Å². The molecule has 0 atom stereocenters. The second-order valence-electron chi connectivity index (χ2n) is 2.16. The Labute approximate surface area is 79.9 Å². The fraction of sp³-hybridized carbons (Fsp3) is 0.143. The average Bonchev–Trinajstić information content (AvgIpc) is 2.02. The number of carbonyl (C=O) groups excluding carboxylic acids is 1. The highest BCUT2D eigenvalue weighted by molar-refractivity contribution is 9.10. The van der Waals surface area contributed by atoms with Crippen LogP contribution in [0, 0.1) is 0 Å². The maximum atomic E-state index is 11.9. The van der Waals surface area contributed by atoms with Crippen LogP contribution in [-0.4, -0.2) is 16.9 Å². The summed E-state index contributed by atoms with van der Waals surface area (Å²) in [5.74, 6) is -1.94. The Morgan fingerprint density at radius 2 is 2.08 bits per heavy atom. The fourth-order valence-electron chi connectivity index (χ4n) is 0.687. The van der Waals surface area contributed by atoms with E-state index in [1.54, 1.807) is 0 Å². The molecule has 2 nitrogen and oxygen atoms in total. The standard InChI is InChI=1S/C7H3BrF3NO/c8-4-2-1-3-12-5(4)6(13)7(9,10)11/h1-3H. The fourth-order valence-corrected chi connectivity index (χ4v) is 1.12. The molecule has 0 unspecified atom stereocenters. The summed E-state index contributed by atoms with van der Waals surface area (Å²) in [5.41, 5.74) is -0.616. The van der Waals surface area contributed by atoms with E-state index in [9.17, 15) is 18.0 Å². The van der Waals surface area contributed by atoms with Gasteiger partial charge in [-0.05, 0) is 28.1 Å². The van der Waals surface area contributed by atoms with Gasteiger partial charge in [-0.2, -0.15) is 13.2 Å². The number of rotatable bonds is 1. The number of pyridine rings is 1. The van der Waals surface area contributed by atoms with Crippen molar-refractivity contribution in [2.24, 2.45) is 0 Å². The molecule has 70 valence electrons. The van der Waals surface area contributed by atoms with E-state index in [4.69, 9.17) is 0 Å². The third-order valence-corrected chi connectivity index (χ3v) is 1.87. The Morgan fingerprint density at radius 3 is 2.54 bits per heavy atom. The summed E-state index contributed by atoms with van der Waals surface area (Å²) < 4.78 is 35.8. The summed E-state index contributed by atoms with van der Waals surface area (Å²) >= 11 is 2.81. The van der Waals surface area contributed by atoms with E-state index in [2.05, 4.69) is 20.9 Å². The van der Waals surface area contributed by atoms with Crippen LogP contribution >= 0.6 is 15.9 Å². The molecule has 0 saturated heterocycles. The average molecular weight is 254 g/mol. The van der Waals surface area contributed by atoms with Crippen LogP contribution in [0.15, 0.2) is 22.8 Å². The van der Waals surface area contributed by atoms with Crippen LogP contribution in [0.5, 0.6) is 0 Å². The van der Waals surface area contributed by atoms with Gasteiger partial charge in [0.05, 0.1) is 0 Å². The lowest BCUT2D eigenvalue weighted by molar-refractivity contribution is -0.0888. The zero-order valence-corrected chi connectivity index (χ0v) is 7.69. The first kappa shape index (κ1) is 10.2. The van der Waals surface area contributed by atoms with Crippen LogP contribution in [0.25, 0.3) is 0 Å². The van der Waals surface area contributed by atoms with Crippen LogP contribution in [-0.2, 0) is 0 Å². The SMILES string of the molecule is O=C(c1ncccc1Br)C(F)(F)F. The smallest absolute Gasteiger partial charge is 0.282 e. The molecule has 0 bridgehead atoms. The van der Waals surface area contributed by atoms with E-state index in [0.29, 0.717) is 0 Å². The molecule has 0 aromatic carbocycles. The maximum Gasteiger partial charge on any atom is 0.456 e. The van der Waals surface area contributed by atoms with Gasteiger partial charge in [-0.1, -0.05) is 0 Å². The molecular weight excluding hydrogens is 251 g/mol. The molecule has 0 fully saturated rings. The van der Waals surface area contributed by atoms with Gasteiger partial charge in [-0.25, -0.2) is 0 Å². The van der Waals surface area contributed by atoms with Crippen LogP contribution in [0.4, 0.5) is 13.2 Å². The number of hydrogen-bond donors (Lipinski definition) is 0. The van der Waals surface area contributed by atoms with Crippen LogP contribution in [0.3, 0.4) is 0 Å². The Balaban J connectivity index is 3.10. The van der Waals surface area contributed by atoms with Gasteiger partial charge in [0.25, 0.3) is 5.78 Å². The van der Waals surface area contributed by atoms with Gasteiger partial charge < -0.3 is 0 Å². The highest BCUT2D eigenvalue weighted by Crippen LogP contribution is 2.24. The number of halogens is 4. The van der Waals surface area contributed by atoms with Crippen molar-refractivity contribution in [1.82, 2.24) is 4.98 Å². The molecule has 1 aromatic heterocycles. The van der Waals surface area contributed by atoms with Gasteiger partial charge in [0.15, 0.2) is 0 Å². The predicted octanol–water partition coefficient (Wildman–Crippen LogP) is 2.59. The minimum atomic E-state index is -4.88. The van der Waals surface area contributed by atoms with Gasteiger partial charge >= 0.3 is 6.18 Å². The summed E-state index contributed by atoms with van der Waals surface area (Å²) in [6.45, 7) is 0. The van der Waals surface area contributed by atoms with Crippen LogP contribution < -0.4 is 0 Å². The Kier molecular flexibility index (Phi) is 2.70. The van der Waals surface area contributed by atoms with Crippen molar-refractivity contribution in [1.29, 1.82) is 0 Å². The van der Waals surface area contributed by atoms with Crippen molar-refractivity contribution in [2.75, 3.05) is 0 Å². The summed E-state index contributed by atoms with van der Waals surface area (Å²) in [6, 6.07) is 2.75. The largest absolute Gasteiger partial charge is 0.456 e. The monoisotopic (exact) mass is 253 g/mol. The van der Waals surface area contributed by atoms with Crippen molar-refractivity contribution < 1.29 is 18.0 Å². The topological polar surface area (TPSA) is 30.0 Å². The molecule has 6 heteroatoms. The lowest BCUT2D eigenvalue weighted by atomic mass is 10.2. The third-order valence-electron chi connectivity index (χ3n) is 1.23. The predicted molar refractivity (Wildman–Crippen MR) is 42.3 cm³/mol. The van der Waals surface area contributed by atoms with Crippen molar-refractivity contribution in [3.63, 3.8) is 0 Å². The van der Waals surface area contributed by atoms with Crippen LogP contribution in [0.2, 0.25) is 0 Å². The Bertz CT molecular complexity index is 337. The van der Waals surface area contributed by atoms with Crippen molar-refractivity contribution in [3.05, 3.63) is 28.5 Å². The minimum absolute atomic E-state index is 0.0392. The molecular formula is C7H3BrF3NO. The second kappa shape index (κ2) is 3.45. The molecule has 0 N–H and O–H groups in total. The van der Waals surface area contributed by atoms with E-state index in [1.807, 2.05) is 0 Å². The number of Topliss-reactive ketones (excluding diaryl/α,β-unsaturated/α-hetero) is 1. The number of nitrogens with zero attached hydrogens (tertiary/aromatic N) is 1. The maximum absolute atomic E-state index is 11.9. The molecule has 0 aliphatic rings. The molecule has 1 heterocycles. The molecule has 0 spiro atoms. The molecule has 0 radical (unpaired) electrons. The minimum Gasteiger partial charge on any atom is -0.282 e. The molecule has 1 rings (SSSR count). The Morgan fingerprint density at radius 1 is 1.46 bits per heavy atom. The van der Waals surface area contributed by atoms with Crippen LogP contribution in [0.1, 0.15) is 10.5 Å². The number of hydrogen-bond acceptors (Lipinski definition) is 2. The van der Waals surface area contributed by atoms with E-state index < -0.39 is 17.7 Å². The second-order valence-corrected chi connectivity index (χ2v) is 3.02. The van der Waals surface area contributed by atoms with Gasteiger partial charge in [-0.3, -0.25) is 9.78 Å². The number of ketones is 1. The van der Waals surface area contributed by atoms with Gasteiger partial charge in [0.2, 0.25) is 0 Å². The van der Waals surface area contributed by atoms with E-state index in [-0.39, 0.29) is 4.47 Å². The highest BCUT2D eigenvalue weighted by atomic mass is 79.9. The molecule has 0 aliphatic carbocycles. The number of alkyl halides is 3. The molecule has 0 saturated carbocycles. The first-order valence-electron chi connectivity index (χ1n) is 3.15. The lowest BCUT2D eigenvalue weighted by Gasteiger charge is -2.04. The first-order chi connectivity index (χ1) is 5.93. The quantitative estimate of drug-likeness (QED) is 0.721. The molecule has 13 heavy (non-hydrogen) atoms. The van der Waals surface area contributed by atoms with Gasteiger partial charge in [0, 0.05) is 10.7 Å².